The van der Waals surface area contributed by atoms with E-state index < -0.39 is 0 Å². The summed E-state index contributed by atoms with van der Waals surface area (Å²) < 4.78 is 5.77. The lowest BCUT2D eigenvalue weighted by atomic mass is 9.91. The fourth-order valence-corrected chi connectivity index (χ4v) is 3.66. The maximum absolute atomic E-state index is 5.77. The standard InChI is InChI=1S/C22H29NO/c1-2-17-24-18-19-13-15-23(16-14-19)22(20-9-5-3-6-10-20)21-11-7-4-8-12-21/h3-12,19,22H,2,13-18H2,1H3. The molecule has 0 saturated carbocycles. The summed E-state index contributed by atoms with van der Waals surface area (Å²) in [6.07, 6.45) is 3.59. The monoisotopic (exact) mass is 323 g/mol. The number of piperidine rings is 1. The molecule has 24 heavy (non-hydrogen) atoms. The molecule has 2 aromatic rings. The van der Waals surface area contributed by atoms with Gasteiger partial charge in [-0.05, 0) is 49.4 Å². The molecule has 0 unspecified atom stereocenters. The quantitative estimate of drug-likeness (QED) is 0.671. The molecule has 1 saturated heterocycles. The minimum Gasteiger partial charge on any atom is -0.381 e. The van der Waals surface area contributed by atoms with E-state index in [1.54, 1.807) is 0 Å². The molecule has 3 rings (SSSR count). The lowest BCUT2D eigenvalue weighted by Crippen LogP contribution is -2.38. The van der Waals surface area contributed by atoms with Crippen LogP contribution in [0.25, 0.3) is 0 Å². The van der Waals surface area contributed by atoms with Crippen LogP contribution < -0.4 is 0 Å². The van der Waals surface area contributed by atoms with Crippen molar-refractivity contribution in [3.8, 4) is 0 Å². The smallest absolute Gasteiger partial charge is 0.0601 e. The van der Waals surface area contributed by atoms with Crippen LogP contribution in [0.2, 0.25) is 0 Å². The van der Waals surface area contributed by atoms with Gasteiger partial charge < -0.3 is 4.74 Å². The van der Waals surface area contributed by atoms with E-state index in [-0.39, 0.29) is 0 Å². The predicted octanol–water partition coefficient (Wildman–Crippen LogP) is 4.91. The molecule has 2 heteroatoms. The van der Waals surface area contributed by atoms with Crippen LogP contribution in [0, 0.1) is 5.92 Å². The molecule has 2 nitrogen and oxygen atoms in total. The van der Waals surface area contributed by atoms with E-state index in [2.05, 4.69) is 72.5 Å². The molecule has 0 N–H and O–H groups in total. The lowest BCUT2D eigenvalue weighted by Gasteiger charge is -2.38. The minimum atomic E-state index is 0.366. The summed E-state index contributed by atoms with van der Waals surface area (Å²) in [7, 11) is 0. The van der Waals surface area contributed by atoms with Gasteiger partial charge in [0.25, 0.3) is 0 Å². The molecule has 128 valence electrons. The van der Waals surface area contributed by atoms with E-state index in [0.717, 1.165) is 38.6 Å². The van der Waals surface area contributed by atoms with E-state index in [1.807, 2.05) is 0 Å². The molecule has 0 spiro atoms. The van der Waals surface area contributed by atoms with Gasteiger partial charge in [-0.3, -0.25) is 4.90 Å². The number of nitrogens with zero attached hydrogens (tertiary/aromatic N) is 1. The molecule has 1 heterocycles. The topological polar surface area (TPSA) is 12.5 Å². The van der Waals surface area contributed by atoms with Crippen molar-refractivity contribution in [2.75, 3.05) is 26.3 Å². The first-order chi connectivity index (χ1) is 11.9. The third-order valence-electron chi connectivity index (χ3n) is 4.95. The Labute approximate surface area is 146 Å². The van der Waals surface area contributed by atoms with E-state index in [1.165, 1.54) is 24.0 Å². The first-order valence-electron chi connectivity index (χ1n) is 9.30. The fourth-order valence-electron chi connectivity index (χ4n) is 3.66. The van der Waals surface area contributed by atoms with Gasteiger partial charge in [-0.25, -0.2) is 0 Å². The van der Waals surface area contributed by atoms with Gasteiger partial charge in [-0.1, -0.05) is 67.6 Å². The third kappa shape index (κ3) is 4.46. The van der Waals surface area contributed by atoms with Crippen molar-refractivity contribution >= 4 is 0 Å². The van der Waals surface area contributed by atoms with E-state index in [0.29, 0.717) is 6.04 Å². The average molecular weight is 323 g/mol. The fraction of sp³-hybridized carbons (Fsp3) is 0.455. The first kappa shape index (κ1) is 17.2. The van der Waals surface area contributed by atoms with Crippen LogP contribution in [0.4, 0.5) is 0 Å². The van der Waals surface area contributed by atoms with Gasteiger partial charge in [-0.2, -0.15) is 0 Å². The normalized spacial score (nSPS) is 16.6. The average Bonchev–Trinajstić information content (AvgIpc) is 2.65. The summed E-state index contributed by atoms with van der Waals surface area (Å²) in [6.45, 7) is 6.30. The molecule has 1 fully saturated rings. The van der Waals surface area contributed by atoms with Gasteiger partial charge >= 0.3 is 0 Å². The Morgan fingerprint density at radius 2 is 1.46 bits per heavy atom. The van der Waals surface area contributed by atoms with Crippen LogP contribution in [0.1, 0.15) is 43.4 Å². The summed E-state index contributed by atoms with van der Waals surface area (Å²) in [5.74, 6) is 0.722. The number of hydrogen-bond acceptors (Lipinski definition) is 2. The van der Waals surface area contributed by atoms with Crippen LogP contribution in [0.5, 0.6) is 0 Å². The van der Waals surface area contributed by atoms with Crippen molar-refractivity contribution in [2.45, 2.75) is 32.2 Å². The van der Waals surface area contributed by atoms with Crippen molar-refractivity contribution in [3.63, 3.8) is 0 Å². The Balaban J connectivity index is 1.69. The maximum Gasteiger partial charge on any atom is 0.0601 e. The zero-order valence-electron chi connectivity index (χ0n) is 14.7. The highest BCUT2D eigenvalue weighted by Crippen LogP contribution is 2.32. The summed E-state index contributed by atoms with van der Waals surface area (Å²) in [4.78, 5) is 2.64. The highest BCUT2D eigenvalue weighted by molar-refractivity contribution is 5.31. The number of rotatable bonds is 7. The lowest BCUT2D eigenvalue weighted by molar-refractivity contribution is 0.0602. The van der Waals surface area contributed by atoms with Crippen LogP contribution >= 0.6 is 0 Å². The number of hydrogen-bond donors (Lipinski definition) is 0. The Morgan fingerprint density at radius 1 is 0.917 bits per heavy atom. The number of likely N-dealkylation sites (tertiary alicyclic amines) is 1. The van der Waals surface area contributed by atoms with Crippen LogP contribution in [-0.2, 0) is 4.74 Å². The first-order valence-corrected chi connectivity index (χ1v) is 9.30. The van der Waals surface area contributed by atoms with Crippen molar-refractivity contribution in [1.82, 2.24) is 4.90 Å². The molecular formula is C22H29NO. The molecule has 0 radical (unpaired) electrons. The molecule has 0 amide bonds. The molecule has 2 aromatic carbocycles. The zero-order chi connectivity index (χ0) is 16.6. The van der Waals surface area contributed by atoms with Crippen molar-refractivity contribution in [2.24, 2.45) is 5.92 Å². The zero-order valence-corrected chi connectivity index (χ0v) is 14.7. The van der Waals surface area contributed by atoms with Gasteiger partial charge in [0.05, 0.1) is 6.04 Å². The molecule has 1 aliphatic heterocycles. The summed E-state index contributed by atoms with van der Waals surface area (Å²) >= 11 is 0. The van der Waals surface area contributed by atoms with Crippen molar-refractivity contribution in [3.05, 3.63) is 71.8 Å². The van der Waals surface area contributed by atoms with Crippen molar-refractivity contribution < 1.29 is 4.74 Å². The molecule has 1 aliphatic rings. The van der Waals surface area contributed by atoms with E-state index >= 15 is 0 Å². The highest BCUT2D eigenvalue weighted by atomic mass is 16.5. The van der Waals surface area contributed by atoms with Crippen LogP contribution in [0.3, 0.4) is 0 Å². The maximum atomic E-state index is 5.77. The van der Waals surface area contributed by atoms with Gasteiger partial charge in [0.1, 0.15) is 0 Å². The van der Waals surface area contributed by atoms with Crippen molar-refractivity contribution in [1.29, 1.82) is 0 Å². The summed E-state index contributed by atoms with van der Waals surface area (Å²) in [5, 5.41) is 0. The van der Waals surface area contributed by atoms with Gasteiger partial charge in [0, 0.05) is 13.2 Å². The summed E-state index contributed by atoms with van der Waals surface area (Å²) in [6, 6.07) is 22.2. The third-order valence-corrected chi connectivity index (χ3v) is 4.95. The van der Waals surface area contributed by atoms with Gasteiger partial charge in [0.15, 0.2) is 0 Å². The van der Waals surface area contributed by atoms with E-state index in [4.69, 9.17) is 4.74 Å². The Morgan fingerprint density at radius 3 is 1.96 bits per heavy atom. The molecule has 0 aromatic heterocycles. The predicted molar refractivity (Wildman–Crippen MR) is 100 cm³/mol. The largest absolute Gasteiger partial charge is 0.381 e. The highest BCUT2D eigenvalue weighted by Gasteiger charge is 2.27. The van der Waals surface area contributed by atoms with Crippen LogP contribution in [-0.4, -0.2) is 31.2 Å². The Hall–Kier alpha value is -1.64. The molecule has 0 aliphatic carbocycles. The molecule has 0 atom stereocenters. The number of ether oxygens (including phenoxy) is 1. The number of benzene rings is 2. The molecule has 0 bridgehead atoms. The van der Waals surface area contributed by atoms with Gasteiger partial charge in [0.2, 0.25) is 0 Å². The Kier molecular flexibility index (Phi) is 6.45. The second-order valence-corrected chi connectivity index (χ2v) is 6.78. The SMILES string of the molecule is CCCOCC1CCN(C(c2ccccc2)c2ccccc2)CC1. The minimum absolute atomic E-state index is 0.366. The Bertz CT molecular complexity index is 536. The summed E-state index contributed by atoms with van der Waals surface area (Å²) in [5.41, 5.74) is 2.79. The molecular weight excluding hydrogens is 294 g/mol. The second kappa shape index (κ2) is 9.00. The second-order valence-electron chi connectivity index (χ2n) is 6.78. The van der Waals surface area contributed by atoms with Crippen LogP contribution in [0.15, 0.2) is 60.7 Å². The van der Waals surface area contributed by atoms with Gasteiger partial charge in [-0.15, -0.1) is 0 Å². The van der Waals surface area contributed by atoms with E-state index in [9.17, 15) is 0 Å².